The maximum atomic E-state index is 6.99. The summed E-state index contributed by atoms with van der Waals surface area (Å²) in [5, 5.41) is 4.71. The van der Waals surface area contributed by atoms with E-state index in [4.69, 9.17) is 13.8 Å². The molecule has 4 heterocycles. The molecule has 0 saturated carbocycles. The standard InChI is InChI=1S/C54H32BNO3/c1-2-14-37(36(13-1)33-25-27-50-43(29-33)41-18-6-11-23-49(41)57-50)35-30-44-42-19-7-12-24-51(42)59-55-45-31-34(26-28-52(45)58-53(32-35)54(44)55)38-15-3-8-20-46(38)56-47-21-9-4-16-39(47)40-17-5-10-22-48(40)56/h1-32H. The molecule has 11 aromatic rings. The maximum absolute atomic E-state index is 6.99. The summed E-state index contributed by atoms with van der Waals surface area (Å²) >= 11 is 0. The summed E-state index contributed by atoms with van der Waals surface area (Å²) in [6.45, 7) is -0.347. The summed E-state index contributed by atoms with van der Waals surface area (Å²) in [7, 11) is 0. The summed E-state index contributed by atoms with van der Waals surface area (Å²) in [4.78, 5) is 0. The van der Waals surface area contributed by atoms with Crippen molar-refractivity contribution in [2.75, 3.05) is 0 Å². The lowest BCUT2D eigenvalue weighted by atomic mass is 9.50. The Morgan fingerprint density at radius 2 is 0.983 bits per heavy atom. The first-order chi connectivity index (χ1) is 29.2. The predicted molar refractivity (Wildman–Crippen MR) is 242 cm³/mol. The number of fused-ring (bicyclic) bond motifs is 10. The van der Waals surface area contributed by atoms with Crippen LogP contribution in [0.3, 0.4) is 0 Å². The number of furan rings is 1. The highest BCUT2D eigenvalue weighted by Gasteiger charge is 2.41. The molecule has 13 rings (SSSR count). The van der Waals surface area contributed by atoms with Crippen molar-refractivity contribution in [2.24, 2.45) is 0 Å². The lowest BCUT2D eigenvalue weighted by molar-refractivity contribution is 0.479. The molecular formula is C54H32BNO3. The average molecular weight is 754 g/mol. The minimum absolute atomic E-state index is 0.347. The van der Waals surface area contributed by atoms with Crippen LogP contribution in [-0.2, 0) is 0 Å². The van der Waals surface area contributed by atoms with Crippen molar-refractivity contribution < 1.29 is 13.8 Å². The first-order valence-electron chi connectivity index (χ1n) is 20.1. The fourth-order valence-corrected chi connectivity index (χ4v) is 9.66. The van der Waals surface area contributed by atoms with Gasteiger partial charge in [0.25, 0.3) is 0 Å². The summed E-state index contributed by atoms with van der Waals surface area (Å²) < 4.78 is 22.5. The van der Waals surface area contributed by atoms with Crippen molar-refractivity contribution in [3.8, 4) is 67.4 Å². The van der Waals surface area contributed by atoms with Gasteiger partial charge in [0.1, 0.15) is 28.4 Å². The molecule has 0 aliphatic carbocycles. The largest absolute Gasteiger partial charge is 0.551 e. The zero-order valence-electron chi connectivity index (χ0n) is 31.7. The third-order valence-corrected chi connectivity index (χ3v) is 12.3. The van der Waals surface area contributed by atoms with Gasteiger partial charge in [-0.3, -0.25) is 0 Å². The van der Waals surface area contributed by atoms with E-state index in [0.29, 0.717) is 0 Å². The number of aromatic nitrogens is 1. The number of hydrogen-bond donors (Lipinski definition) is 0. The molecule has 0 atom stereocenters. The fourth-order valence-electron chi connectivity index (χ4n) is 9.66. The first kappa shape index (κ1) is 32.3. The molecule has 0 radical (unpaired) electrons. The third kappa shape index (κ3) is 4.79. The van der Waals surface area contributed by atoms with Crippen LogP contribution in [0.15, 0.2) is 199 Å². The number of hydrogen-bond acceptors (Lipinski definition) is 3. The number of nitrogens with zero attached hydrogens (tertiary/aromatic N) is 1. The van der Waals surface area contributed by atoms with Gasteiger partial charge in [-0.15, -0.1) is 0 Å². The highest BCUT2D eigenvalue weighted by atomic mass is 16.5. The van der Waals surface area contributed by atoms with Gasteiger partial charge in [-0.2, -0.15) is 0 Å². The third-order valence-electron chi connectivity index (χ3n) is 12.3. The smallest absolute Gasteiger partial charge is 0.434 e. The molecule has 0 amide bonds. The lowest BCUT2D eigenvalue weighted by Gasteiger charge is -2.33. The second-order valence-corrected chi connectivity index (χ2v) is 15.5. The molecule has 274 valence electrons. The summed E-state index contributed by atoms with van der Waals surface area (Å²) in [5.41, 5.74) is 16.3. The van der Waals surface area contributed by atoms with Crippen LogP contribution < -0.4 is 20.3 Å². The molecule has 0 saturated heterocycles. The molecule has 2 aliphatic heterocycles. The number of para-hydroxylation sites is 5. The van der Waals surface area contributed by atoms with E-state index in [1.54, 1.807) is 0 Å². The van der Waals surface area contributed by atoms with Crippen molar-refractivity contribution in [1.29, 1.82) is 0 Å². The number of rotatable bonds is 4. The molecule has 0 fully saturated rings. The van der Waals surface area contributed by atoms with E-state index in [1.165, 1.54) is 21.8 Å². The Kier molecular flexibility index (Phi) is 6.78. The highest BCUT2D eigenvalue weighted by Crippen LogP contribution is 2.45. The Labute approximate surface area is 340 Å². The van der Waals surface area contributed by atoms with Crippen LogP contribution in [0.25, 0.3) is 93.9 Å². The van der Waals surface area contributed by atoms with Gasteiger partial charge in [-0.1, -0.05) is 133 Å². The van der Waals surface area contributed by atoms with E-state index in [2.05, 4.69) is 187 Å². The summed E-state index contributed by atoms with van der Waals surface area (Å²) in [5.74, 6) is 2.48. The Hall–Kier alpha value is -7.76. The minimum Gasteiger partial charge on any atom is -0.551 e. The Balaban J connectivity index is 0.961. The monoisotopic (exact) mass is 753 g/mol. The molecule has 9 aromatic carbocycles. The Morgan fingerprint density at radius 3 is 1.80 bits per heavy atom. The molecule has 2 aromatic heterocycles. The molecule has 0 bridgehead atoms. The predicted octanol–water partition coefficient (Wildman–Crippen LogP) is 13.0. The average Bonchev–Trinajstić information content (AvgIpc) is 3.84. The van der Waals surface area contributed by atoms with Crippen LogP contribution in [0.1, 0.15) is 0 Å². The van der Waals surface area contributed by atoms with Gasteiger partial charge in [0.15, 0.2) is 0 Å². The van der Waals surface area contributed by atoms with Crippen molar-refractivity contribution in [1.82, 2.24) is 4.57 Å². The van der Waals surface area contributed by atoms with Gasteiger partial charge in [0, 0.05) is 43.6 Å². The molecular weight excluding hydrogens is 721 g/mol. The van der Waals surface area contributed by atoms with Gasteiger partial charge in [0.05, 0.1) is 16.7 Å². The van der Waals surface area contributed by atoms with Crippen molar-refractivity contribution in [3.05, 3.63) is 194 Å². The van der Waals surface area contributed by atoms with E-state index in [9.17, 15) is 0 Å². The van der Waals surface area contributed by atoms with Gasteiger partial charge < -0.3 is 18.4 Å². The maximum Gasteiger partial charge on any atom is 0.434 e. The van der Waals surface area contributed by atoms with E-state index in [1.807, 2.05) is 12.1 Å². The van der Waals surface area contributed by atoms with Crippen LogP contribution in [0.5, 0.6) is 17.2 Å². The van der Waals surface area contributed by atoms with Crippen LogP contribution >= 0.6 is 0 Å². The molecule has 5 heteroatoms. The second kappa shape index (κ2) is 12.4. The SMILES string of the molecule is c1ccc2c(c1)OB1c3cc(-c4ccccc4-n4c5ccccc5c5ccccc54)ccc3Oc3cc(-c4ccccc4-c4ccc5oc6ccccc6c5c4)cc-2c31. The van der Waals surface area contributed by atoms with Gasteiger partial charge in [-0.25, -0.2) is 0 Å². The second-order valence-electron chi connectivity index (χ2n) is 15.5. The van der Waals surface area contributed by atoms with E-state index in [0.717, 1.165) is 100 Å². The number of ether oxygens (including phenoxy) is 1. The normalized spacial score (nSPS) is 12.6. The molecule has 0 spiro atoms. The topological polar surface area (TPSA) is 36.5 Å². The van der Waals surface area contributed by atoms with Crippen LogP contribution in [0.2, 0.25) is 0 Å². The Bertz CT molecular complexity index is 3490. The highest BCUT2D eigenvalue weighted by molar-refractivity contribution is 6.84. The molecule has 59 heavy (non-hydrogen) atoms. The van der Waals surface area contributed by atoms with E-state index >= 15 is 0 Å². The molecule has 4 nitrogen and oxygen atoms in total. The van der Waals surface area contributed by atoms with Crippen LogP contribution in [-0.4, -0.2) is 11.5 Å². The van der Waals surface area contributed by atoms with Crippen molar-refractivity contribution in [2.45, 2.75) is 0 Å². The number of benzene rings is 9. The molecule has 0 N–H and O–H groups in total. The molecule has 2 aliphatic rings. The Morgan fingerprint density at radius 1 is 0.373 bits per heavy atom. The lowest BCUT2D eigenvalue weighted by Crippen LogP contribution is -2.53. The van der Waals surface area contributed by atoms with Gasteiger partial charge >= 0.3 is 6.92 Å². The zero-order valence-corrected chi connectivity index (χ0v) is 31.7. The van der Waals surface area contributed by atoms with E-state index < -0.39 is 0 Å². The summed E-state index contributed by atoms with van der Waals surface area (Å²) in [6, 6.07) is 68.9. The molecule has 0 unspecified atom stereocenters. The summed E-state index contributed by atoms with van der Waals surface area (Å²) in [6.07, 6.45) is 0. The van der Waals surface area contributed by atoms with Crippen LogP contribution in [0.4, 0.5) is 0 Å². The zero-order chi connectivity index (χ0) is 38.6. The fraction of sp³-hybridized carbons (Fsp3) is 0. The van der Waals surface area contributed by atoms with Crippen molar-refractivity contribution in [3.63, 3.8) is 0 Å². The van der Waals surface area contributed by atoms with Gasteiger partial charge in [-0.05, 0) is 94.0 Å². The quantitative estimate of drug-likeness (QED) is 0.168. The first-order valence-corrected chi connectivity index (χ1v) is 20.1. The van der Waals surface area contributed by atoms with Crippen molar-refractivity contribution >= 4 is 61.6 Å². The van der Waals surface area contributed by atoms with E-state index in [-0.39, 0.29) is 6.92 Å². The van der Waals surface area contributed by atoms with Gasteiger partial charge in [0.2, 0.25) is 0 Å². The minimum atomic E-state index is -0.347. The van der Waals surface area contributed by atoms with Crippen LogP contribution in [0, 0.1) is 0 Å².